The quantitative estimate of drug-likeness (QED) is 0.130. The van der Waals surface area contributed by atoms with Gasteiger partial charge >= 0.3 is 0 Å². The Labute approximate surface area is 392 Å². The number of morpholine rings is 1. The molecule has 0 aliphatic carbocycles. The summed E-state index contributed by atoms with van der Waals surface area (Å²) in [6, 6.07) is 36.9. The summed E-state index contributed by atoms with van der Waals surface area (Å²) in [5, 5.41) is 13.3. The molecule has 0 bridgehead atoms. The molecule has 5 aromatic carbocycles. The fraction of sp³-hybridized carbons (Fsp3) is 0.309. The van der Waals surface area contributed by atoms with Crippen LogP contribution in [0, 0.1) is 18.3 Å². The van der Waals surface area contributed by atoms with E-state index >= 15 is 4.79 Å². The highest BCUT2D eigenvalue weighted by molar-refractivity contribution is 6.13. The molecule has 1 aromatic heterocycles. The molecule has 12 heteroatoms. The molecular weight excluding hydrogens is 841 g/mol. The highest BCUT2D eigenvalue weighted by Crippen LogP contribution is 2.43. The third-order valence-corrected chi connectivity index (χ3v) is 13.6. The molecule has 67 heavy (non-hydrogen) atoms. The van der Waals surface area contributed by atoms with Gasteiger partial charge in [-0.05, 0) is 109 Å². The maximum atomic E-state index is 15.4. The molecule has 3 amide bonds. The summed E-state index contributed by atoms with van der Waals surface area (Å²) in [6.45, 7) is 10.0. The van der Waals surface area contributed by atoms with Gasteiger partial charge in [-0.2, -0.15) is 5.26 Å². The zero-order valence-corrected chi connectivity index (χ0v) is 38.6. The molecule has 1 atom stereocenters. The van der Waals surface area contributed by atoms with Crippen molar-refractivity contribution in [1.29, 1.82) is 5.26 Å². The van der Waals surface area contributed by atoms with Crippen molar-refractivity contribution in [2.75, 3.05) is 58.4 Å². The van der Waals surface area contributed by atoms with E-state index < -0.39 is 0 Å². The van der Waals surface area contributed by atoms with Gasteiger partial charge in [0.25, 0.3) is 11.8 Å². The maximum Gasteiger partial charge on any atom is 0.258 e. The van der Waals surface area contributed by atoms with Crippen LogP contribution in [0.25, 0.3) is 22.4 Å². The monoisotopic (exact) mass is 896 g/mol. The molecule has 0 saturated carbocycles. The molecule has 1 saturated heterocycles. The first-order valence-electron chi connectivity index (χ1n) is 23.1. The van der Waals surface area contributed by atoms with Gasteiger partial charge in [-0.1, -0.05) is 60.7 Å². The van der Waals surface area contributed by atoms with Gasteiger partial charge in [-0.25, -0.2) is 0 Å². The zero-order chi connectivity index (χ0) is 46.6. The molecule has 1 N–H and O–H groups in total. The van der Waals surface area contributed by atoms with Crippen molar-refractivity contribution in [2.24, 2.45) is 7.05 Å². The lowest BCUT2D eigenvalue weighted by Gasteiger charge is -2.36. The number of ether oxygens (including phenoxy) is 3. The van der Waals surface area contributed by atoms with Crippen molar-refractivity contribution in [2.45, 2.75) is 52.2 Å². The van der Waals surface area contributed by atoms with E-state index in [0.29, 0.717) is 95.3 Å². The Kier molecular flexibility index (Phi) is 13.2. The summed E-state index contributed by atoms with van der Waals surface area (Å²) in [5.41, 5.74) is 10.3. The topological polar surface area (TPSA) is 129 Å². The van der Waals surface area contributed by atoms with Crippen LogP contribution in [-0.2, 0) is 48.9 Å². The number of amides is 3. The average Bonchev–Trinajstić information content (AvgIpc) is 3.62. The first kappa shape index (κ1) is 45.0. The van der Waals surface area contributed by atoms with E-state index in [1.807, 2.05) is 107 Å². The number of hydrogen-bond donors (Lipinski definition) is 1. The van der Waals surface area contributed by atoms with Crippen molar-refractivity contribution >= 4 is 23.4 Å². The van der Waals surface area contributed by atoms with E-state index in [-0.39, 0.29) is 30.2 Å². The van der Waals surface area contributed by atoms with E-state index in [1.54, 1.807) is 12.1 Å². The van der Waals surface area contributed by atoms with Gasteiger partial charge in [-0.3, -0.25) is 19.3 Å². The highest BCUT2D eigenvalue weighted by Gasteiger charge is 2.34. The number of nitriles is 1. The number of fused-ring (bicyclic) bond motifs is 2. The van der Waals surface area contributed by atoms with E-state index in [0.717, 1.165) is 60.9 Å². The molecule has 342 valence electrons. The SMILES string of the molecule is COc1ccc(-c2c(C(=O)Nc3ccccc3)c(C)n(C)c2-c2cc3c(cc2C(=O)N2Cc4ccccc4C[C@H]2C)CN(C(=O)Cc2ccc(OCCN4CCOCC4)cc2)CC3)cc1C#N. The largest absolute Gasteiger partial charge is 0.495 e. The van der Waals surface area contributed by atoms with Crippen LogP contribution in [0.4, 0.5) is 5.69 Å². The van der Waals surface area contributed by atoms with Crippen LogP contribution in [-0.4, -0.2) is 96.1 Å². The van der Waals surface area contributed by atoms with Crippen LogP contribution < -0.4 is 14.8 Å². The van der Waals surface area contributed by atoms with Crippen molar-refractivity contribution in [1.82, 2.24) is 19.3 Å². The molecule has 3 aliphatic heterocycles. The third kappa shape index (κ3) is 9.43. The number of carbonyl (C=O) groups excluding carboxylic acids is 3. The van der Waals surface area contributed by atoms with Gasteiger partial charge in [0.2, 0.25) is 5.91 Å². The van der Waals surface area contributed by atoms with Crippen LogP contribution >= 0.6 is 0 Å². The molecule has 4 heterocycles. The maximum absolute atomic E-state index is 15.4. The molecular formula is C55H56N6O6. The third-order valence-electron chi connectivity index (χ3n) is 13.6. The van der Waals surface area contributed by atoms with E-state index in [1.165, 1.54) is 12.7 Å². The van der Waals surface area contributed by atoms with Gasteiger partial charge in [0.05, 0.1) is 43.6 Å². The van der Waals surface area contributed by atoms with Crippen molar-refractivity contribution < 1.29 is 28.6 Å². The average molecular weight is 897 g/mol. The smallest absolute Gasteiger partial charge is 0.258 e. The molecule has 0 spiro atoms. The second-order valence-corrected chi connectivity index (χ2v) is 17.7. The van der Waals surface area contributed by atoms with Gasteiger partial charge in [0.15, 0.2) is 0 Å². The number of hydrogen-bond acceptors (Lipinski definition) is 8. The van der Waals surface area contributed by atoms with Crippen molar-refractivity contribution in [3.05, 3.63) is 159 Å². The van der Waals surface area contributed by atoms with Gasteiger partial charge in [0, 0.05) is 80.4 Å². The Hall–Kier alpha value is -7.20. The number of carbonyl (C=O) groups is 3. The van der Waals surface area contributed by atoms with Crippen LogP contribution in [0.15, 0.2) is 109 Å². The van der Waals surface area contributed by atoms with E-state index in [9.17, 15) is 14.9 Å². The van der Waals surface area contributed by atoms with Crippen LogP contribution in [0.3, 0.4) is 0 Å². The second kappa shape index (κ2) is 19.7. The number of rotatable bonds is 12. The number of para-hydroxylation sites is 1. The first-order valence-corrected chi connectivity index (χ1v) is 23.1. The lowest BCUT2D eigenvalue weighted by atomic mass is 9.87. The number of nitrogens with one attached hydrogen (secondary N) is 1. The molecule has 0 radical (unpaired) electrons. The molecule has 6 aromatic rings. The lowest BCUT2D eigenvalue weighted by molar-refractivity contribution is -0.131. The summed E-state index contributed by atoms with van der Waals surface area (Å²) in [6.07, 6.45) is 1.53. The second-order valence-electron chi connectivity index (χ2n) is 17.7. The normalized spacial score (nSPS) is 15.8. The number of methoxy groups -OCH3 is 1. The minimum absolute atomic E-state index is 0.00654. The number of aromatic nitrogens is 1. The number of nitrogens with zero attached hydrogens (tertiary/aromatic N) is 5. The van der Waals surface area contributed by atoms with Gasteiger partial charge in [0.1, 0.15) is 24.2 Å². The zero-order valence-electron chi connectivity index (χ0n) is 38.6. The molecule has 0 unspecified atom stereocenters. The van der Waals surface area contributed by atoms with Crippen LogP contribution in [0.2, 0.25) is 0 Å². The summed E-state index contributed by atoms with van der Waals surface area (Å²) >= 11 is 0. The van der Waals surface area contributed by atoms with Gasteiger partial charge < -0.3 is 33.9 Å². The first-order chi connectivity index (χ1) is 32.6. The predicted octanol–water partition coefficient (Wildman–Crippen LogP) is 8.23. The standard InChI is InChI=1S/C55H56N6O6/c1-36-28-39-10-8-9-11-42(39)35-61(36)55(64)48-32-44-34-60(50(62)29-38-14-17-46(18-15-38)67-27-24-59-22-25-66-26-23-59)21-20-40(44)31-47(48)53-52(41-16-19-49(65-4)43(30-41)33-56)51(37(2)58(53)3)54(63)57-45-12-6-5-7-13-45/h5-19,30-32,36H,20-29,34-35H2,1-4H3,(H,57,63)/t36-/m1/s1. The summed E-state index contributed by atoms with van der Waals surface area (Å²) in [4.78, 5) is 50.2. The molecule has 3 aliphatic rings. The predicted molar refractivity (Wildman–Crippen MR) is 258 cm³/mol. The van der Waals surface area contributed by atoms with Gasteiger partial charge in [-0.15, -0.1) is 0 Å². The van der Waals surface area contributed by atoms with Crippen LogP contribution in [0.5, 0.6) is 11.5 Å². The number of benzene rings is 5. The Balaban J connectivity index is 1.08. The molecule has 1 fully saturated rings. The van der Waals surface area contributed by atoms with Crippen molar-refractivity contribution in [3.63, 3.8) is 0 Å². The lowest BCUT2D eigenvalue weighted by Crippen LogP contribution is -2.43. The fourth-order valence-corrected chi connectivity index (χ4v) is 9.75. The summed E-state index contributed by atoms with van der Waals surface area (Å²) in [7, 11) is 3.44. The minimum atomic E-state index is -0.318. The molecule has 12 nitrogen and oxygen atoms in total. The van der Waals surface area contributed by atoms with E-state index in [4.69, 9.17) is 14.2 Å². The van der Waals surface area contributed by atoms with Crippen LogP contribution in [0.1, 0.15) is 66.7 Å². The van der Waals surface area contributed by atoms with E-state index in [2.05, 4.69) is 41.4 Å². The van der Waals surface area contributed by atoms with Crippen molar-refractivity contribution in [3.8, 4) is 40.0 Å². The Morgan fingerprint density at radius 1 is 0.851 bits per heavy atom. The highest BCUT2D eigenvalue weighted by atomic mass is 16.5. The summed E-state index contributed by atoms with van der Waals surface area (Å²) < 4.78 is 19.0. The molecule has 9 rings (SSSR count). The summed E-state index contributed by atoms with van der Waals surface area (Å²) in [5.74, 6) is 0.742. The Bertz CT molecular complexity index is 2860. The Morgan fingerprint density at radius 3 is 2.34 bits per heavy atom. The Morgan fingerprint density at radius 2 is 1.60 bits per heavy atom. The number of anilines is 1. The fourth-order valence-electron chi connectivity index (χ4n) is 9.75. The minimum Gasteiger partial charge on any atom is -0.495 e.